The molecule has 0 spiro atoms. The van der Waals surface area contributed by atoms with Gasteiger partial charge < -0.3 is 23.6 Å². The summed E-state index contributed by atoms with van der Waals surface area (Å²) in [6, 6.07) is 12.8. The van der Waals surface area contributed by atoms with Crippen LogP contribution in [0.3, 0.4) is 0 Å². The second-order valence-electron chi connectivity index (χ2n) is 7.32. The minimum absolute atomic E-state index is 0.0533. The fourth-order valence-electron chi connectivity index (χ4n) is 3.73. The van der Waals surface area contributed by atoms with E-state index in [1.807, 2.05) is 29.2 Å². The van der Waals surface area contributed by atoms with E-state index in [0.717, 1.165) is 24.2 Å². The molecule has 4 rings (SSSR count). The molecule has 0 unspecified atom stereocenters. The first-order valence-electron chi connectivity index (χ1n) is 10.1. The first-order valence-corrected chi connectivity index (χ1v) is 10.1. The quantitative estimate of drug-likeness (QED) is 0.596. The highest BCUT2D eigenvalue weighted by Gasteiger charge is 2.29. The predicted molar refractivity (Wildman–Crippen MR) is 114 cm³/mol. The Balaban J connectivity index is 1.41. The topological polar surface area (TPSA) is 86.9 Å². The smallest absolute Gasteiger partial charge is 0.257 e. The molecule has 1 amide bonds. The Morgan fingerprint density at radius 3 is 2.29 bits per heavy atom. The summed E-state index contributed by atoms with van der Waals surface area (Å²) < 4.78 is 21.3. The molecule has 2 heterocycles. The Bertz CT molecular complexity index is 1040. The number of piperidine rings is 1. The maximum absolute atomic E-state index is 13.0. The zero-order valence-electron chi connectivity index (χ0n) is 17.8. The van der Waals surface area contributed by atoms with Gasteiger partial charge in [-0.25, -0.2) is 0 Å². The van der Waals surface area contributed by atoms with Gasteiger partial charge >= 0.3 is 0 Å². The van der Waals surface area contributed by atoms with Gasteiger partial charge in [-0.15, -0.1) is 0 Å². The molecule has 0 radical (unpaired) electrons. The molecule has 1 saturated heterocycles. The van der Waals surface area contributed by atoms with Crippen LogP contribution >= 0.6 is 0 Å². The summed E-state index contributed by atoms with van der Waals surface area (Å²) in [5.41, 5.74) is 1.40. The van der Waals surface area contributed by atoms with Crippen molar-refractivity contribution in [3.8, 4) is 28.6 Å². The van der Waals surface area contributed by atoms with Crippen molar-refractivity contribution in [2.24, 2.45) is 0 Å². The van der Waals surface area contributed by atoms with Crippen LogP contribution in [0.2, 0.25) is 0 Å². The molecule has 0 aliphatic carbocycles. The highest BCUT2D eigenvalue weighted by Crippen LogP contribution is 2.31. The Hall–Kier alpha value is -3.55. The lowest BCUT2D eigenvalue weighted by atomic mass is 9.96. The number of nitrogens with zero attached hydrogens (tertiary/aromatic N) is 3. The number of rotatable bonds is 6. The second kappa shape index (κ2) is 9.07. The number of hydrogen-bond acceptors (Lipinski definition) is 7. The number of carbonyl (C=O) groups excluding carboxylic acids is 1. The van der Waals surface area contributed by atoms with E-state index in [4.69, 9.17) is 18.7 Å². The molecular formula is C23H25N3O5. The number of benzene rings is 2. The van der Waals surface area contributed by atoms with Crippen LogP contribution in [0, 0.1) is 0 Å². The van der Waals surface area contributed by atoms with E-state index in [1.165, 1.54) is 0 Å². The van der Waals surface area contributed by atoms with Gasteiger partial charge in [0.05, 0.1) is 26.9 Å². The number of carbonyl (C=O) groups is 1. The third-order valence-corrected chi connectivity index (χ3v) is 5.56. The molecule has 3 aromatic rings. The van der Waals surface area contributed by atoms with Gasteiger partial charge in [-0.2, -0.15) is 4.98 Å². The molecule has 2 aromatic carbocycles. The van der Waals surface area contributed by atoms with Crippen LogP contribution in [0.25, 0.3) is 11.4 Å². The lowest BCUT2D eigenvalue weighted by Crippen LogP contribution is -2.38. The molecule has 1 aromatic heterocycles. The molecule has 0 bridgehead atoms. The molecule has 0 saturated carbocycles. The van der Waals surface area contributed by atoms with Crippen molar-refractivity contribution in [1.82, 2.24) is 15.0 Å². The lowest BCUT2D eigenvalue weighted by molar-refractivity contribution is 0.0701. The van der Waals surface area contributed by atoms with E-state index in [1.54, 1.807) is 39.5 Å². The van der Waals surface area contributed by atoms with Crippen molar-refractivity contribution in [2.75, 3.05) is 34.4 Å². The van der Waals surface area contributed by atoms with Gasteiger partial charge in [-0.1, -0.05) is 5.16 Å². The Morgan fingerprint density at radius 1 is 0.968 bits per heavy atom. The molecule has 162 valence electrons. The molecule has 1 aliphatic rings. The van der Waals surface area contributed by atoms with Crippen LogP contribution in [0.5, 0.6) is 17.2 Å². The summed E-state index contributed by atoms with van der Waals surface area (Å²) >= 11 is 0. The van der Waals surface area contributed by atoms with Crippen LogP contribution in [-0.2, 0) is 0 Å². The van der Waals surface area contributed by atoms with Gasteiger partial charge in [0, 0.05) is 30.6 Å². The van der Waals surface area contributed by atoms with Gasteiger partial charge in [0.15, 0.2) is 0 Å². The van der Waals surface area contributed by atoms with E-state index in [0.29, 0.717) is 41.9 Å². The average molecular weight is 423 g/mol. The predicted octanol–water partition coefficient (Wildman–Crippen LogP) is 3.78. The fraction of sp³-hybridized carbons (Fsp3) is 0.348. The largest absolute Gasteiger partial charge is 0.497 e. The molecule has 31 heavy (non-hydrogen) atoms. The van der Waals surface area contributed by atoms with E-state index < -0.39 is 0 Å². The van der Waals surface area contributed by atoms with Crippen molar-refractivity contribution in [3.05, 3.63) is 53.9 Å². The van der Waals surface area contributed by atoms with Crippen molar-refractivity contribution >= 4 is 5.91 Å². The number of hydrogen-bond donors (Lipinski definition) is 0. The molecule has 0 N–H and O–H groups in total. The maximum Gasteiger partial charge on any atom is 0.257 e. The van der Waals surface area contributed by atoms with Crippen molar-refractivity contribution < 1.29 is 23.5 Å². The number of ether oxygens (including phenoxy) is 3. The second-order valence-corrected chi connectivity index (χ2v) is 7.32. The maximum atomic E-state index is 13.0. The fourth-order valence-corrected chi connectivity index (χ4v) is 3.73. The van der Waals surface area contributed by atoms with E-state index in [2.05, 4.69) is 10.1 Å². The highest BCUT2D eigenvalue weighted by molar-refractivity contribution is 5.97. The zero-order valence-corrected chi connectivity index (χ0v) is 17.8. The average Bonchev–Trinajstić information content (AvgIpc) is 3.33. The molecule has 8 nitrogen and oxygen atoms in total. The number of amides is 1. The van der Waals surface area contributed by atoms with Crippen molar-refractivity contribution in [1.29, 1.82) is 0 Å². The van der Waals surface area contributed by atoms with Gasteiger partial charge in [0.1, 0.15) is 17.2 Å². The third kappa shape index (κ3) is 4.33. The summed E-state index contributed by atoms with van der Waals surface area (Å²) in [7, 11) is 4.76. The van der Waals surface area contributed by atoms with Crippen molar-refractivity contribution in [2.45, 2.75) is 18.8 Å². The van der Waals surface area contributed by atoms with Crippen LogP contribution < -0.4 is 14.2 Å². The van der Waals surface area contributed by atoms with Gasteiger partial charge in [0.2, 0.25) is 11.7 Å². The Morgan fingerprint density at radius 2 is 1.65 bits per heavy atom. The summed E-state index contributed by atoms with van der Waals surface area (Å²) in [5.74, 6) is 3.17. The molecular weight excluding hydrogens is 398 g/mol. The van der Waals surface area contributed by atoms with E-state index in [-0.39, 0.29) is 11.8 Å². The third-order valence-electron chi connectivity index (χ3n) is 5.56. The van der Waals surface area contributed by atoms with E-state index >= 15 is 0 Å². The van der Waals surface area contributed by atoms with Crippen molar-refractivity contribution in [3.63, 3.8) is 0 Å². The molecule has 0 atom stereocenters. The van der Waals surface area contributed by atoms with Crippen LogP contribution in [0.15, 0.2) is 47.0 Å². The number of aromatic nitrogens is 2. The molecule has 8 heteroatoms. The zero-order chi connectivity index (χ0) is 21.8. The Kier molecular flexibility index (Phi) is 6.06. The lowest BCUT2D eigenvalue weighted by Gasteiger charge is -2.30. The SMILES string of the molecule is COc1ccc(-c2noc(C3CCN(C(=O)c4ccc(OC)cc4OC)CC3)n2)cc1. The number of methoxy groups -OCH3 is 3. The monoisotopic (exact) mass is 423 g/mol. The minimum Gasteiger partial charge on any atom is -0.497 e. The van der Waals surface area contributed by atoms with Gasteiger partial charge in [-0.3, -0.25) is 4.79 Å². The summed E-state index contributed by atoms with van der Waals surface area (Å²) in [5, 5.41) is 4.12. The summed E-state index contributed by atoms with van der Waals surface area (Å²) in [6.45, 7) is 1.22. The van der Waals surface area contributed by atoms with Crippen LogP contribution in [0.1, 0.15) is 35.0 Å². The highest BCUT2D eigenvalue weighted by atomic mass is 16.5. The van der Waals surface area contributed by atoms with Gasteiger partial charge in [-0.05, 0) is 49.2 Å². The van der Waals surface area contributed by atoms with E-state index in [9.17, 15) is 4.79 Å². The summed E-state index contributed by atoms with van der Waals surface area (Å²) in [4.78, 5) is 19.4. The molecule has 1 aliphatic heterocycles. The summed E-state index contributed by atoms with van der Waals surface area (Å²) in [6.07, 6.45) is 1.52. The molecule has 1 fully saturated rings. The normalized spacial score (nSPS) is 14.4. The minimum atomic E-state index is -0.0533. The first kappa shape index (κ1) is 20.7. The first-order chi connectivity index (χ1) is 15.1. The van der Waals surface area contributed by atoms with Gasteiger partial charge in [0.25, 0.3) is 5.91 Å². The standard InChI is InChI=1S/C23H25N3O5/c1-28-17-6-4-15(5-7-17)21-24-22(31-25-21)16-10-12-26(13-11-16)23(27)19-9-8-18(29-2)14-20(19)30-3/h4-9,14,16H,10-13H2,1-3H3. The number of likely N-dealkylation sites (tertiary alicyclic amines) is 1. The van der Waals surface area contributed by atoms with Crippen LogP contribution in [-0.4, -0.2) is 55.4 Å². The Labute approximate surface area is 180 Å². The van der Waals surface area contributed by atoms with Crippen LogP contribution in [0.4, 0.5) is 0 Å².